The van der Waals surface area contributed by atoms with Gasteiger partial charge >= 0.3 is 0 Å². The number of likely N-dealkylation sites (tertiary alicyclic amines) is 1. The van der Waals surface area contributed by atoms with E-state index in [0.29, 0.717) is 21.8 Å². The number of carbonyl (C=O) groups excluding carboxylic acids is 2. The summed E-state index contributed by atoms with van der Waals surface area (Å²) in [6.07, 6.45) is 3.17. The van der Waals surface area contributed by atoms with Crippen molar-refractivity contribution in [3.63, 3.8) is 0 Å². The molecule has 6 heteroatoms. The van der Waals surface area contributed by atoms with Gasteiger partial charge in [-0.15, -0.1) is 0 Å². The molecule has 1 atom stereocenters. The van der Waals surface area contributed by atoms with Gasteiger partial charge in [-0.3, -0.25) is 9.59 Å². The summed E-state index contributed by atoms with van der Waals surface area (Å²) in [5.41, 5.74) is 1.42. The molecule has 2 aromatic rings. The lowest BCUT2D eigenvalue weighted by atomic mass is 10.0. The molecule has 0 spiro atoms. The van der Waals surface area contributed by atoms with E-state index in [4.69, 9.17) is 11.6 Å². The molecule has 1 heterocycles. The molecule has 2 amide bonds. The second-order valence-electron chi connectivity index (χ2n) is 6.47. The van der Waals surface area contributed by atoms with Crippen LogP contribution in [0.1, 0.15) is 46.9 Å². The summed E-state index contributed by atoms with van der Waals surface area (Å²) >= 11 is 8.29. The molecule has 4 nitrogen and oxygen atoms in total. The molecule has 0 aliphatic carbocycles. The SMILES string of the molecule is C[C@@H]1CCCCN1C(=O)c1cc(I)ccc1NC(=O)c1ccccc1Cl. The molecular weight excluding hydrogens is 463 g/mol. The van der Waals surface area contributed by atoms with Gasteiger partial charge in [0.05, 0.1) is 21.8 Å². The fraction of sp³-hybridized carbons (Fsp3) is 0.300. The van der Waals surface area contributed by atoms with E-state index >= 15 is 0 Å². The Morgan fingerprint density at radius 3 is 2.65 bits per heavy atom. The maximum absolute atomic E-state index is 13.1. The zero-order valence-corrected chi connectivity index (χ0v) is 17.4. The van der Waals surface area contributed by atoms with E-state index in [9.17, 15) is 9.59 Å². The smallest absolute Gasteiger partial charge is 0.257 e. The standard InChI is InChI=1S/C20H20ClIN2O2/c1-13-6-4-5-11-24(13)20(26)16-12-14(22)9-10-18(16)23-19(25)15-7-2-3-8-17(15)21/h2-3,7-10,12-13H,4-6,11H2,1H3,(H,23,25)/t13-/m1/s1. The second-order valence-corrected chi connectivity index (χ2v) is 8.12. The Kier molecular flexibility index (Phi) is 6.19. The highest BCUT2D eigenvalue weighted by Gasteiger charge is 2.26. The summed E-state index contributed by atoms with van der Waals surface area (Å²) in [7, 11) is 0. The van der Waals surface area contributed by atoms with Gasteiger partial charge in [-0.2, -0.15) is 0 Å². The largest absolute Gasteiger partial charge is 0.336 e. The van der Waals surface area contributed by atoms with E-state index in [-0.39, 0.29) is 17.9 Å². The van der Waals surface area contributed by atoms with Gasteiger partial charge in [0.1, 0.15) is 0 Å². The molecule has 1 aliphatic rings. The molecule has 1 N–H and O–H groups in total. The normalized spacial score (nSPS) is 17.0. The number of benzene rings is 2. The van der Waals surface area contributed by atoms with Crippen molar-refractivity contribution in [3.8, 4) is 0 Å². The monoisotopic (exact) mass is 482 g/mol. The third kappa shape index (κ3) is 4.20. The maximum atomic E-state index is 13.1. The Morgan fingerprint density at radius 2 is 1.92 bits per heavy atom. The first-order chi connectivity index (χ1) is 12.5. The lowest BCUT2D eigenvalue weighted by Crippen LogP contribution is -2.42. The number of hydrogen-bond acceptors (Lipinski definition) is 2. The van der Waals surface area contributed by atoms with Crippen molar-refractivity contribution in [3.05, 3.63) is 62.2 Å². The van der Waals surface area contributed by atoms with Crippen LogP contribution in [0.15, 0.2) is 42.5 Å². The minimum Gasteiger partial charge on any atom is -0.336 e. The van der Waals surface area contributed by atoms with E-state index in [1.807, 2.05) is 17.0 Å². The third-order valence-corrected chi connectivity index (χ3v) is 5.64. The Balaban J connectivity index is 1.90. The van der Waals surface area contributed by atoms with Gasteiger partial charge in [0.15, 0.2) is 0 Å². The predicted octanol–water partition coefficient (Wildman–Crippen LogP) is 5.21. The van der Waals surface area contributed by atoms with Crippen molar-refractivity contribution in [2.75, 3.05) is 11.9 Å². The lowest BCUT2D eigenvalue weighted by Gasteiger charge is -2.34. The zero-order valence-electron chi connectivity index (χ0n) is 14.5. The summed E-state index contributed by atoms with van der Waals surface area (Å²) in [4.78, 5) is 27.6. The molecule has 136 valence electrons. The minimum absolute atomic E-state index is 0.0369. The second kappa shape index (κ2) is 8.39. The van der Waals surface area contributed by atoms with Gasteiger partial charge in [-0.1, -0.05) is 23.7 Å². The first-order valence-corrected chi connectivity index (χ1v) is 10.1. The van der Waals surface area contributed by atoms with Crippen LogP contribution in [-0.2, 0) is 0 Å². The highest BCUT2D eigenvalue weighted by atomic mass is 127. The highest BCUT2D eigenvalue weighted by Crippen LogP contribution is 2.26. The zero-order chi connectivity index (χ0) is 18.7. The van der Waals surface area contributed by atoms with Crippen molar-refractivity contribution in [2.24, 2.45) is 0 Å². The number of hydrogen-bond donors (Lipinski definition) is 1. The van der Waals surface area contributed by atoms with Crippen molar-refractivity contribution >= 4 is 51.7 Å². The molecule has 0 saturated carbocycles. The number of halogens is 2. The summed E-state index contributed by atoms with van der Waals surface area (Å²) in [6, 6.07) is 12.6. The molecule has 1 saturated heterocycles. The summed E-state index contributed by atoms with van der Waals surface area (Å²) in [5, 5.41) is 3.24. The van der Waals surface area contributed by atoms with Gasteiger partial charge in [0.25, 0.3) is 11.8 Å². The van der Waals surface area contributed by atoms with Crippen LogP contribution in [0.4, 0.5) is 5.69 Å². The number of nitrogens with zero attached hydrogens (tertiary/aromatic N) is 1. The van der Waals surface area contributed by atoms with Crippen LogP contribution in [0.25, 0.3) is 0 Å². The Hall–Kier alpha value is -1.60. The van der Waals surface area contributed by atoms with Crippen LogP contribution < -0.4 is 5.32 Å². The molecule has 1 fully saturated rings. The fourth-order valence-corrected chi connectivity index (χ4v) is 3.90. The van der Waals surface area contributed by atoms with Gasteiger partial charge in [0.2, 0.25) is 0 Å². The van der Waals surface area contributed by atoms with E-state index in [1.54, 1.807) is 30.3 Å². The first kappa shape index (κ1) is 19.2. The molecule has 0 bridgehead atoms. The average molecular weight is 483 g/mol. The van der Waals surface area contributed by atoms with E-state index in [0.717, 1.165) is 29.4 Å². The summed E-state index contributed by atoms with van der Waals surface area (Å²) < 4.78 is 0.950. The number of rotatable bonds is 3. The first-order valence-electron chi connectivity index (χ1n) is 8.64. The number of piperidine rings is 1. The van der Waals surface area contributed by atoms with Crippen LogP contribution in [0.5, 0.6) is 0 Å². The van der Waals surface area contributed by atoms with Crippen molar-refractivity contribution in [2.45, 2.75) is 32.2 Å². The van der Waals surface area contributed by atoms with Gasteiger partial charge < -0.3 is 10.2 Å². The van der Waals surface area contributed by atoms with Crippen LogP contribution in [0.3, 0.4) is 0 Å². The number of amides is 2. The van der Waals surface area contributed by atoms with E-state index in [1.165, 1.54) is 0 Å². The van der Waals surface area contributed by atoms with Crippen molar-refractivity contribution in [1.29, 1.82) is 0 Å². The number of carbonyl (C=O) groups is 2. The predicted molar refractivity (Wildman–Crippen MR) is 113 cm³/mol. The number of anilines is 1. The van der Waals surface area contributed by atoms with Crippen LogP contribution in [0.2, 0.25) is 5.02 Å². The highest BCUT2D eigenvalue weighted by molar-refractivity contribution is 14.1. The molecule has 1 aliphatic heterocycles. The number of nitrogens with one attached hydrogen (secondary N) is 1. The van der Waals surface area contributed by atoms with Gasteiger partial charge in [0, 0.05) is 16.2 Å². The average Bonchev–Trinajstić information content (AvgIpc) is 2.63. The Morgan fingerprint density at radius 1 is 1.15 bits per heavy atom. The molecule has 2 aromatic carbocycles. The van der Waals surface area contributed by atoms with Gasteiger partial charge in [-0.05, 0) is 79.1 Å². The molecule has 0 unspecified atom stereocenters. The topological polar surface area (TPSA) is 49.4 Å². The van der Waals surface area contributed by atoms with Crippen LogP contribution in [0, 0.1) is 3.57 Å². The molecule has 3 rings (SSSR count). The molecular formula is C20H20ClIN2O2. The Bertz CT molecular complexity index is 840. The summed E-state index contributed by atoms with van der Waals surface area (Å²) in [5.74, 6) is -0.359. The van der Waals surface area contributed by atoms with E-state index < -0.39 is 0 Å². The maximum Gasteiger partial charge on any atom is 0.257 e. The molecule has 0 aromatic heterocycles. The van der Waals surface area contributed by atoms with Crippen LogP contribution >= 0.6 is 34.2 Å². The lowest BCUT2D eigenvalue weighted by molar-refractivity contribution is 0.0636. The van der Waals surface area contributed by atoms with E-state index in [2.05, 4.69) is 34.8 Å². The Labute approximate surface area is 172 Å². The van der Waals surface area contributed by atoms with Crippen molar-refractivity contribution in [1.82, 2.24) is 4.90 Å². The quantitative estimate of drug-likeness (QED) is 0.611. The van der Waals surface area contributed by atoms with Gasteiger partial charge in [-0.25, -0.2) is 0 Å². The van der Waals surface area contributed by atoms with Crippen LogP contribution in [-0.4, -0.2) is 29.3 Å². The fourth-order valence-electron chi connectivity index (χ4n) is 3.19. The molecule has 0 radical (unpaired) electrons. The molecule has 26 heavy (non-hydrogen) atoms. The minimum atomic E-state index is -0.322. The summed E-state index contributed by atoms with van der Waals surface area (Å²) in [6.45, 7) is 2.83. The van der Waals surface area contributed by atoms with Crippen molar-refractivity contribution < 1.29 is 9.59 Å². The third-order valence-electron chi connectivity index (χ3n) is 4.64.